The summed E-state index contributed by atoms with van der Waals surface area (Å²) in [5.41, 5.74) is 11.8. The molecule has 1 heterocycles. The van der Waals surface area contributed by atoms with Gasteiger partial charge in [-0.1, -0.05) is 6.07 Å². The minimum Gasteiger partial charge on any atom is -0.491 e. The lowest BCUT2D eigenvalue weighted by Gasteiger charge is -2.33. The van der Waals surface area contributed by atoms with Gasteiger partial charge in [0.25, 0.3) is 5.91 Å². The highest BCUT2D eigenvalue weighted by atomic mass is 19.4. The zero-order valence-electron chi connectivity index (χ0n) is 17.6. The van der Waals surface area contributed by atoms with Crippen LogP contribution in [0.25, 0.3) is 0 Å². The molecule has 0 fully saturated rings. The summed E-state index contributed by atoms with van der Waals surface area (Å²) in [4.78, 5) is 12.6. The summed E-state index contributed by atoms with van der Waals surface area (Å²) in [6, 6.07) is 7.58. The molecule has 1 aliphatic heterocycles. The Morgan fingerprint density at radius 2 is 1.94 bits per heavy atom. The fourth-order valence-electron chi connectivity index (χ4n) is 3.29. The van der Waals surface area contributed by atoms with Crippen LogP contribution in [0.4, 0.5) is 13.2 Å². The van der Waals surface area contributed by atoms with Gasteiger partial charge in [-0.15, -0.1) is 13.2 Å². The van der Waals surface area contributed by atoms with Gasteiger partial charge in [0.15, 0.2) is 0 Å². The van der Waals surface area contributed by atoms with Gasteiger partial charge in [0.05, 0.1) is 6.61 Å². The van der Waals surface area contributed by atoms with E-state index in [0.29, 0.717) is 16.8 Å². The van der Waals surface area contributed by atoms with Gasteiger partial charge in [0.1, 0.15) is 29.9 Å². The summed E-state index contributed by atoms with van der Waals surface area (Å²) in [7, 11) is -1.14. The van der Waals surface area contributed by atoms with Crippen molar-refractivity contribution < 1.29 is 42.2 Å². The number of carbonyl (C=O) groups is 1. The number of halogens is 3. The zero-order chi connectivity index (χ0) is 24.4. The number of benzene rings is 2. The average Bonchev–Trinajstić information content (AvgIpc) is 3.12. The Kier molecular flexibility index (Phi) is 7.19. The lowest BCUT2D eigenvalue weighted by Crippen LogP contribution is -2.61. The summed E-state index contributed by atoms with van der Waals surface area (Å²) in [5.74, 6) is -0.877. The standard InChI is InChI=1S/C20H23BF3N3O6/c1-19(18(26)29,27-17(28)11-2-5-13(6-3-11)33-20(22,23)24)10-31-15-7-4-12-9-32-21(30)16(12)14(15)8-25/h2-7,18,29-30H,8-10,25-26H2,1H3,(H,27,28). The minimum atomic E-state index is -4.86. The Bertz CT molecular complexity index is 1010. The maximum atomic E-state index is 12.6. The summed E-state index contributed by atoms with van der Waals surface area (Å²) in [6.07, 6.45) is -6.41. The largest absolute Gasteiger partial charge is 0.573 e. The van der Waals surface area contributed by atoms with Gasteiger partial charge in [-0.25, -0.2) is 0 Å². The topological polar surface area (TPSA) is 149 Å². The van der Waals surface area contributed by atoms with E-state index in [4.69, 9.17) is 20.9 Å². The molecule has 1 amide bonds. The van der Waals surface area contributed by atoms with Crippen molar-refractivity contribution in [2.24, 2.45) is 11.5 Å². The first kappa shape index (κ1) is 24.8. The molecule has 0 aromatic heterocycles. The van der Waals surface area contributed by atoms with E-state index in [1.54, 1.807) is 12.1 Å². The van der Waals surface area contributed by atoms with E-state index < -0.39 is 36.9 Å². The van der Waals surface area contributed by atoms with E-state index in [9.17, 15) is 28.1 Å². The third-order valence-corrected chi connectivity index (χ3v) is 5.18. The van der Waals surface area contributed by atoms with Gasteiger partial charge < -0.3 is 41.0 Å². The number of rotatable bonds is 8. The summed E-state index contributed by atoms with van der Waals surface area (Å²) in [5, 5.41) is 22.7. The Morgan fingerprint density at radius 1 is 1.27 bits per heavy atom. The molecule has 2 aromatic carbocycles. The third-order valence-electron chi connectivity index (χ3n) is 5.18. The number of fused-ring (bicyclic) bond motifs is 1. The van der Waals surface area contributed by atoms with E-state index >= 15 is 0 Å². The van der Waals surface area contributed by atoms with Crippen LogP contribution < -0.4 is 31.7 Å². The predicted octanol–water partition coefficient (Wildman–Crippen LogP) is 0.106. The molecular weight excluding hydrogens is 446 g/mol. The van der Waals surface area contributed by atoms with Crippen LogP contribution in [0, 0.1) is 0 Å². The van der Waals surface area contributed by atoms with E-state index in [2.05, 4.69) is 10.1 Å². The number of aliphatic hydroxyl groups is 1. The first-order chi connectivity index (χ1) is 15.4. The van der Waals surface area contributed by atoms with Crippen molar-refractivity contribution in [1.82, 2.24) is 5.32 Å². The fraction of sp³-hybridized carbons (Fsp3) is 0.350. The highest BCUT2D eigenvalue weighted by Gasteiger charge is 2.36. The number of nitrogens with one attached hydrogen (secondary N) is 1. The Morgan fingerprint density at radius 3 is 2.52 bits per heavy atom. The van der Waals surface area contributed by atoms with Crippen LogP contribution in [0.5, 0.6) is 11.5 Å². The number of hydrogen-bond acceptors (Lipinski definition) is 8. The van der Waals surface area contributed by atoms with Gasteiger partial charge in [0.2, 0.25) is 0 Å². The Hall–Kier alpha value is -2.84. The number of nitrogens with two attached hydrogens (primary N) is 2. The highest BCUT2D eigenvalue weighted by Crippen LogP contribution is 2.25. The number of carbonyl (C=O) groups excluding carboxylic acids is 1. The molecule has 33 heavy (non-hydrogen) atoms. The summed E-state index contributed by atoms with van der Waals surface area (Å²) in [6.45, 7) is 1.42. The predicted molar refractivity (Wildman–Crippen MR) is 111 cm³/mol. The molecule has 0 bridgehead atoms. The molecule has 2 unspecified atom stereocenters. The Balaban J connectivity index is 1.73. The van der Waals surface area contributed by atoms with Crippen LogP contribution in [0.2, 0.25) is 0 Å². The monoisotopic (exact) mass is 469 g/mol. The lowest BCUT2D eigenvalue weighted by atomic mass is 9.76. The second-order valence-corrected chi connectivity index (χ2v) is 7.66. The molecule has 0 saturated heterocycles. The van der Waals surface area contributed by atoms with Crippen molar-refractivity contribution >= 4 is 18.5 Å². The molecule has 0 aliphatic carbocycles. The van der Waals surface area contributed by atoms with Crippen molar-refractivity contribution in [3.05, 3.63) is 53.1 Å². The number of hydrogen-bond donors (Lipinski definition) is 5. The SMILES string of the molecule is CC(COc1ccc2c(c1CN)B(O)OC2)(NC(=O)c1ccc(OC(F)(F)F)cc1)C(N)O. The molecule has 178 valence electrons. The van der Waals surface area contributed by atoms with Crippen LogP contribution in [0.3, 0.4) is 0 Å². The zero-order valence-corrected chi connectivity index (χ0v) is 17.6. The molecule has 1 aliphatic rings. The van der Waals surface area contributed by atoms with Gasteiger partial charge in [0, 0.05) is 17.7 Å². The maximum absolute atomic E-state index is 12.6. The smallest absolute Gasteiger partial charge is 0.491 e. The number of amides is 1. The fourth-order valence-corrected chi connectivity index (χ4v) is 3.29. The molecule has 3 rings (SSSR count). The number of alkyl halides is 3. The quantitative estimate of drug-likeness (QED) is 0.270. The average molecular weight is 469 g/mol. The van der Waals surface area contributed by atoms with Crippen LogP contribution in [-0.4, -0.2) is 47.9 Å². The van der Waals surface area contributed by atoms with Crippen molar-refractivity contribution in [2.45, 2.75) is 38.2 Å². The van der Waals surface area contributed by atoms with E-state index in [-0.39, 0.29) is 25.3 Å². The van der Waals surface area contributed by atoms with Crippen LogP contribution in [0.15, 0.2) is 36.4 Å². The third kappa shape index (κ3) is 5.75. The van der Waals surface area contributed by atoms with E-state index in [0.717, 1.165) is 29.8 Å². The van der Waals surface area contributed by atoms with E-state index in [1.165, 1.54) is 6.92 Å². The molecule has 2 atom stereocenters. The van der Waals surface area contributed by atoms with Crippen molar-refractivity contribution in [2.75, 3.05) is 6.61 Å². The number of aliphatic hydroxyl groups excluding tert-OH is 1. The second kappa shape index (κ2) is 9.57. The Labute approximate surface area is 187 Å². The second-order valence-electron chi connectivity index (χ2n) is 7.66. The molecule has 0 saturated carbocycles. The summed E-state index contributed by atoms with van der Waals surface area (Å²) >= 11 is 0. The lowest BCUT2D eigenvalue weighted by molar-refractivity contribution is -0.274. The normalized spacial score (nSPS) is 16.1. The molecule has 9 nitrogen and oxygen atoms in total. The molecule has 2 aromatic rings. The number of ether oxygens (including phenoxy) is 2. The first-order valence-electron chi connectivity index (χ1n) is 9.82. The highest BCUT2D eigenvalue weighted by molar-refractivity contribution is 6.62. The summed E-state index contributed by atoms with van der Waals surface area (Å²) < 4.78 is 51.7. The van der Waals surface area contributed by atoms with Crippen molar-refractivity contribution in [1.29, 1.82) is 0 Å². The molecule has 0 radical (unpaired) electrons. The molecular formula is C20H23BF3N3O6. The minimum absolute atomic E-state index is 0.0110. The van der Waals surface area contributed by atoms with Gasteiger partial charge in [-0.05, 0) is 48.3 Å². The van der Waals surface area contributed by atoms with Gasteiger partial charge in [-0.3, -0.25) is 4.79 Å². The van der Waals surface area contributed by atoms with E-state index in [1.807, 2.05) is 0 Å². The first-order valence-corrected chi connectivity index (χ1v) is 9.82. The molecule has 13 heteroatoms. The van der Waals surface area contributed by atoms with Crippen molar-refractivity contribution in [3.8, 4) is 11.5 Å². The van der Waals surface area contributed by atoms with Gasteiger partial charge >= 0.3 is 13.5 Å². The molecule has 7 N–H and O–H groups in total. The molecule has 0 spiro atoms. The maximum Gasteiger partial charge on any atom is 0.573 e. The van der Waals surface area contributed by atoms with Crippen LogP contribution in [0.1, 0.15) is 28.4 Å². The van der Waals surface area contributed by atoms with Crippen LogP contribution in [-0.2, 0) is 17.8 Å². The van der Waals surface area contributed by atoms with Gasteiger partial charge in [-0.2, -0.15) is 0 Å². The van der Waals surface area contributed by atoms with Crippen molar-refractivity contribution in [3.63, 3.8) is 0 Å². The van der Waals surface area contributed by atoms with Crippen LogP contribution >= 0.6 is 0 Å².